The predicted molar refractivity (Wildman–Crippen MR) is 42.3 cm³/mol. The van der Waals surface area contributed by atoms with E-state index in [1.807, 2.05) is 13.8 Å². The fraction of sp³-hybridized carbons (Fsp3) is 0.875. The highest BCUT2D eigenvalue weighted by molar-refractivity contribution is 5.66. The molecule has 1 aliphatic heterocycles. The maximum atomic E-state index is 10.3. The van der Waals surface area contributed by atoms with Crippen LogP contribution in [0, 0.1) is 0 Å². The lowest BCUT2D eigenvalue weighted by atomic mass is 10.3. The maximum absolute atomic E-state index is 10.3. The topological polar surface area (TPSA) is 35.5 Å². The van der Waals surface area contributed by atoms with Crippen LogP contribution in [0.4, 0.5) is 0 Å². The van der Waals surface area contributed by atoms with Crippen molar-refractivity contribution in [2.75, 3.05) is 13.2 Å². The molecule has 11 heavy (non-hydrogen) atoms. The number of hydrogen-bond donors (Lipinski definition) is 0. The average molecular weight is 160 g/mol. The van der Waals surface area contributed by atoms with Gasteiger partial charge in [0, 0.05) is 13.3 Å². The highest BCUT2D eigenvalue weighted by Gasteiger charge is 2.17. The van der Waals surface area contributed by atoms with Crippen molar-refractivity contribution in [3.8, 4) is 0 Å². The Hall–Kier alpha value is -0.570. The lowest BCUT2D eigenvalue weighted by Crippen LogP contribution is -2.15. The largest absolute Gasteiger partial charge is 0.460 e. The molecule has 66 valence electrons. The molecule has 0 spiro atoms. The summed E-state index contributed by atoms with van der Waals surface area (Å²) in [5.41, 5.74) is 0. The summed E-state index contributed by atoms with van der Waals surface area (Å²) in [6.45, 7) is 6.70. The molecular formula is C8H16O3. The molecule has 1 rings (SSSR count). The number of carbonyl (C=O) groups excluding carboxylic acids is 1. The highest BCUT2D eigenvalue weighted by Crippen LogP contribution is 2.07. The van der Waals surface area contributed by atoms with E-state index in [1.165, 1.54) is 6.92 Å². The smallest absolute Gasteiger partial charge is 0.302 e. The highest BCUT2D eigenvalue weighted by atomic mass is 16.6. The van der Waals surface area contributed by atoms with Crippen LogP contribution < -0.4 is 0 Å². The number of hydrogen-bond acceptors (Lipinski definition) is 3. The second kappa shape index (κ2) is 6.16. The van der Waals surface area contributed by atoms with Crippen molar-refractivity contribution in [2.45, 2.75) is 33.3 Å². The van der Waals surface area contributed by atoms with Gasteiger partial charge in [0.05, 0.1) is 13.2 Å². The summed E-state index contributed by atoms with van der Waals surface area (Å²) in [7, 11) is 0. The summed E-state index contributed by atoms with van der Waals surface area (Å²) in [5.74, 6) is -0.217. The third-order valence-electron chi connectivity index (χ3n) is 1.22. The molecule has 1 atom stereocenters. The molecule has 0 bridgehead atoms. The second-order valence-corrected chi connectivity index (χ2v) is 2.10. The van der Waals surface area contributed by atoms with Crippen LogP contribution in [0.5, 0.6) is 0 Å². The number of esters is 1. The van der Waals surface area contributed by atoms with Crippen LogP contribution in [0.2, 0.25) is 0 Å². The van der Waals surface area contributed by atoms with Gasteiger partial charge in [0.2, 0.25) is 0 Å². The van der Waals surface area contributed by atoms with Crippen molar-refractivity contribution in [2.24, 2.45) is 0 Å². The van der Waals surface area contributed by atoms with Crippen LogP contribution in [0.3, 0.4) is 0 Å². The zero-order valence-corrected chi connectivity index (χ0v) is 7.42. The van der Waals surface area contributed by atoms with Gasteiger partial charge in [-0.1, -0.05) is 13.8 Å². The lowest BCUT2D eigenvalue weighted by Gasteiger charge is -2.05. The fourth-order valence-corrected chi connectivity index (χ4v) is 0.841. The first-order chi connectivity index (χ1) is 5.29. The second-order valence-electron chi connectivity index (χ2n) is 2.10. The molecule has 1 saturated heterocycles. The minimum Gasteiger partial charge on any atom is -0.460 e. The Morgan fingerprint density at radius 3 is 2.55 bits per heavy atom. The van der Waals surface area contributed by atoms with E-state index in [9.17, 15) is 4.79 Å². The van der Waals surface area contributed by atoms with Crippen LogP contribution in [-0.2, 0) is 14.3 Å². The van der Waals surface area contributed by atoms with Gasteiger partial charge in [-0.2, -0.15) is 0 Å². The molecule has 0 amide bonds. The van der Waals surface area contributed by atoms with Crippen molar-refractivity contribution in [1.82, 2.24) is 0 Å². The maximum Gasteiger partial charge on any atom is 0.302 e. The van der Waals surface area contributed by atoms with Gasteiger partial charge in [-0.25, -0.2) is 0 Å². The molecule has 0 aromatic rings. The molecular weight excluding hydrogens is 144 g/mol. The van der Waals surface area contributed by atoms with Crippen molar-refractivity contribution in [3.63, 3.8) is 0 Å². The lowest BCUT2D eigenvalue weighted by molar-refractivity contribution is -0.146. The third kappa shape index (κ3) is 4.79. The Labute approximate surface area is 67.7 Å². The molecule has 0 N–H and O–H groups in total. The van der Waals surface area contributed by atoms with Gasteiger partial charge in [0.1, 0.15) is 6.10 Å². The Bertz CT molecular complexity index is 106. The van der Waals surface area contributed by atoms with Crippen molar-refractivity contribution in [1.29, 1.82) is 0 Å². The van der Waals surface area contributed by atoms with Gasteiger partial charge in [0.25, 0.3) is 0 Å². The monoisotopic (exact) mass is 160 g/mol. The molecule has 0 unspecified atom stereocenters. The molecule has 1 fully saturated rings. The molecule has 0 saturated carbocycles. The number of carbonyl (C=O) groups is 1. The number of rotatable bonds is 1. The Morgan fingerprint density at radius 2 is 2.18 bits per heavy atom. The third-order valence-corrected chi connectivity index (χ3v) is 1.22. The Kier molecular flexibility index (Phi) is 5.84. The van der Waals surface area contributed by atoms with Crippen molar-refractivity contribution in [3.05, 3.63) is 0 Å². The first kappa shape index (κ1) is 10.4. The zero-order chi connectivity index (χ0) is 8.69. The summed E-state index contributed by atoms with van der Waals surface area (Å²) in [6.07, 6.45) is 0.863. The first-order valence-electron chi connectivity index (χ1n) is 4.04. The van der Waals surface area contributed by atoms with E-state index >= 15 is 0 Å². The molecule has 0 aromatic carbocycles. The van der Waals surface area contributed by atoms with E-state index in [0.29, 0.717) is 6.61 Å². The average Bonchev–Trinajstić information content (AvgIpc) is 2.43. The SMILES string of the molecule is CC.CC(=O)O[C@H]1CCOC1. The van der Waals surface area contributed by atoms with E-state index in [1.54, 1.807) is 0 Å². The normalized spacial score (nSPS) is 21.9. The summed E-state index contributed by atoms with van der Waals surface area (Å²) in [4.78, 5) is 10.3. The fourth-order valence-electron chi connectivity index (χ4n) is 0.841. The van der Waals surface area contributed by atoms with Crippen molar-refractivity contribution >= 4 is 5.97 Å². The summed E-state index contributed by atoms with van der Waals surface area (Å²) in [6, 6.07) is 0. The van der Waals surface area contributed by atoms with E-state index in [0.717, 1.165) is 13.0 Å². The molecule has 0 aromatic heterocycles. The van der Waals surface area contributed by atoms with Gasteiger partial charge < -0.3 is 9.47 Å². The van der Waals surface area contributed by atoms with Gasteiger partial charge >= 0.3 is 5.97 Å². The molecule has 0 radical (unpaired) electrons. The van der Waals surface area contributed by atoms with Gasteiger partial charge in [-0.3, -0.25) is 4.79 Å². The quantitative estimate of drug-likeness (QED) is 0.543. The Balaban J connectivity index is 0.000000461. The van der Waals surface area contributed by atoms with Crippen LogP contribution in [0.15, 0.2) is 0 Å². The first-order valence-corrected chi connectivity index (χ1v) is 4.04. The van der Waals surface area contributed by atoms with Crippen LogP contribution in [0.1, 0.15) is 27.2 Å². The molecule has 1 aliphatic rings. The Morgan fingerprint density at radius 1 is 1.55 bits per heavy atom. The van der Waals surface area contributed by atoms with E-state index in [2.05, 4.69) is 0 Å². The van der Waals surface area contributed by atoms with Gasteiger partial charge in [0.15, 0.2) is 0 Å². The van der Waals surface area contributed by atoms with E-state index < -0.39 is 0 Å². The minimum atomic E-state index is -0.217. The molecule has 1 heterocycles. The summed E-state index contributed by atoms with van der Waals surface area (Å²) >= 11 is 0. The van der Waals surface area contributed by atoms with Crippen molar-refractivity contribution < 1.29 is 14.3 Å². The summed E-state index contributed by atoms with van der Waals surface area (Å²) < 4.78 is 9.83. The van der Waals surface area contributed by atoms with Gasteiger partial charge in [-0.05, 0) is 0 Å². The molecule has 3 nitrogen and oxygen atoms in total. The molecule has 0 aliphatic carbocycles. The van der Waals surface area contributed by atoms with Gasteiger partial charge in [-0.15, -0.1) is 0 Å². The van der Waals surface area contributed by atoms with Crippen LogP contribution in [-0.4, -0.2) is 25.3 Å². The predicted octanol–water partition coefficient (Wildman–Crippen LogP) is 1.36. The standard InChI is InChI=1S/C6H10O3.C2H6/c1-5(7)9-6-2-3-8-4-6;1-2/h6H,2-4H2,1H3;1-2H3/t6-;/m0./s1. The number of ether oxygens (including phenoxy) is 2. The van der Waals surface area contributed by atoms with Crippen LogP contribution in [0.25, 0.3) is 0 Å². The molecule has 3 heteroatoms. The minimum absolute atomic E-state index is 0.0162. The summed E-state index contributed by atoms with van der Waals surface area (Å²) in [5, 5.41) is 0. The van der Waals surface area contributed by atoms with E-state index in [-0.39, 0.29) is 12.1 Å². The van der Waals surface area contributed by atoms with E-state index in [4.69, 9.17) is 9.47 Å². The van der Waals surface area contributed by atoms with Crippen LogP contribution >= 0.6 is 0 Å². The zero-order valence-electron chi connectivity index (χ0n) is 7.42.